The largest absolute Gasteiger partial charge is 0.495 e. The number of methoxy groups -OCH3 is 1. The second-order valence-electron chi connectivity index (χ2n) is 6.43. The molecule has 0 fully saturated rings. The lowest BCUT2D eigenvalue weighted by atomic mass is 10.3. The summed E-state index contributed by atoms with van der Waals surface area (Å²) in [6, 6.07) is 18.8. The van der Waals surface area contributed by atoms with E-state index >= 15 is 0 Å². The van der Waals surface area contributed by atoms with Gasteiger partial charge in [-0.2, -0.15) is 0 Å². The van der Waals surface area contributed by atoms with Gasteiger partial charge in [-0.3, -0.25) is 9.03 Å². The van der Waals surface area contributed by atoms with E-state index in [1.165, 1.54) is 41.7 Å². The molecule has 3 rings (SSSR count). The van der Waals surface area contributed by atoms with Crippen LogP contribution in [0.3, 0.4) is 0 Å². The summed E-state index contributed by atoms with van der Waals surface area (Å²) < 4.78 is 61.9. The van der Waals surface area contributed by atoms with Crippen LogP contribution in [0.1, 0.15) is 6.92 Å². The fourth-order valence-corrected chi connectivity index (χ4v) is 5.78. The van der Waals surface area contributed by atoms with Crippen LogP contribution in [-0.4, -0.2) is 30.5 Å². The Hall–Kier alpha value is -2.56. The fraction of sp³-hybridized carbons (Fsp3) is 0.143. The lowest BCUT2D eigenvalue weighted by Gasteiger charge is -2.23. The number of rotatable bonds is 8. The Bertz CT molecular complexity index is 1260. The number of anilines is 2. The average Bonchev–Trinajstić information content (AvgIpc) is 2.75. The molecule has 7 nitrogen and oxygen atoms in total. The first-order chi connectivity index (χ1) is 14.7. The maximum absolute atomic E-state index is 13.3. The van der Waals surface area contributed by atoms with E-state index in [1.54, 1.807) is 49.4 Å². The number of halogens is 1. The molecule has 31 heavy (non-hydrogen) atoms. The van der Waals surface area contributed by atoms with Gasteiger partial charge < -0.3 is 4.74 Å². The Morgan fingerprint density at radius 3 is 2.10 bits per heavy atom. The highest BCUT2D eigenvalue weighted by molar-refractivity contribution is 9.10. The standard InChI is InChI=1S/C21H21BrN2O5S2/c1-3-24(17-7-5-4-6-8-17)31(27,28)19-13-14-21(29-2)20(15-19)23-30(25,26)18-11-9-16(22)10-12-18/h4-15,23H,3H2,1-2H3. The molecule has 0 saturated heterocycles. The molecule has 3 aromatic carbocycles. The predicted octanol–water partition coefficient (Wildman–Crippen LogP) is 4.47. The Morgan fingerprint density at radius 1 is 0.903 bits per heavy atom. The van der Waals surface area contributed by atoms with Crippen LogP contribution in [0.15, 0.2) is 87.1 Å². The number of sulfonamides is 2. The van der Waals surface area contributed by atoms with Crippen molar-refractivity contribution in [2.24, 2.45) is 0 Å². The van der Waals surface area contributed by atoms with Crippen LogP contribution in [0.2, 0.25) is 0 Å². The highest BCUT2D eigenvalue weighted by Crippen LogP contribution is 2.32. The molecular formula is C21H21BrN2O5S2. The van der Waals surface area contributed by atoms with Crippen molar-refractivity contribution in [2.45, 2.75) is 16.7 Å². The molecule has 0 spiro atoms. The van der Waals surface area contributed by atoms with Crippen molar-refractivity contribution in [3.63, 3.8) is 0 Å². The summed E-state index contributed by atoms with van der Waals surface area (Å²) in [6.45, 7) is 1.93. The van der Waals surface area contributed by atoms with Gasteiger partial charge in [-0.1, -0.05) is 34.1 Å². The maximum Gasteiger partial charge on any atom is 0.264 e. The molecular weight excluding hydrogens is 504 g/mol. The molecule has 0 atom stereocenters. The summed E-state index contributed by atoms with van der Waals surface area (Å²) in [5, 5.41) is 0. The molecule has 164 valence electrons. The van der Waals surface area contributed by atoms with Crippen LogP contribution in [0.25, 0.3) is 0 Å². The van der Waals surface area contributed by atoms with E-state index in [9.17, 15) is 16.8 Å². The van der Waals surface area contributed by atoms with Crippen LogP contribution < -0.4 is 13.8 Å². The number of benzene rings is 3. The maximum atomic E-state index is 13.3. The van der Waals surface area contributed by atoms with Crippen LogP contribution in [0, 0.1) is 0 Å². The van der Waals surface area contributed by atoms with Gasteiger partial charge in [0.2, 0.25) is 0 Å². The van der Waals surface area contributed by atoms with Gasteiger partial charge >= 0.3 is 0 Å². The van der Waals surface area contributed by atoms with Gasteiger partial charge in [0.15, 0.2) is 0 Å². The Balaban J connectivity index is 2.03. The minimum absolute atomic E-state index is 0.0237. The van der Waals surface area contributed by atoms with Crippen molar-refractivity contribution in [3.8, 4) is 5.75 Å². The number of nitrogens with zero attached hydrogens (tertiary/aromatic N) is 1. The van der Waals surface area contributed by atoms with E-state index in [-0.39, 0.29) is 27.8 Å². The first kappa shape index (κ1) is 23.1. The second kappa shape index (κ2) is 9.29. The Kier molecular flexibility index (Phi) is 6.93. The van der Waals surface area contributed by atoms with Crippen LogP contribution in [0.4, 0.5) is 11.4 Å². The number of nitrogens with one attached hydrogen (secondary N) is 1. The van der Waals surface area contributed by atoms with Crippen molar-refractivity contribution < 1.29 is 21.6 Å². The van der Waals surface area contributed by atoms with Crippen LogP contribution >= 0.6 is 15.9 Å². The number of ether oxygens (including phenoxy) is 1. The van der Waals surface area contributed by atoms with Gasteiger partial charge in [-0.25, -0.2) is 16.8 Å². The Labute approximate surface area is 190 Å². The zero-order valence-corrected chi connectivity index (χ0v) is 20.0. The van der Waals surface area contributed by atoms with Crippen molar-refractivity contribution in [1.29, 1.82) is 0 Å². The summed E-state index contributed by atoms with van der Waals surface area (Å²) in [6.07, 6.45) is 0. The third-order valence-corrected chi connectivity index (χ3v) is 8.27. The molecule has 0 unspecified atom stereocenters. The van der Waals surface area contributed by atoms with Gasteiger partial charge in [0.05, 0.1) is 28.3 Å². The third-order valence-electron chi connectivity index (χ3n) is 4.46. The molecule has 0 aromatic heterocycles. The molecule has 3 aromatic rings. The average molecular weight is 525 g/mol. The van der Waals surface area contributed by atoms with Crippen molar-refractivity contribution in [1.82, 2.24) is 0 Å². The lowest BCUT2D eigenvalue weighted by Crippen LogP contribution is -2.30. The molecule has 1 N–H and O–H groups in total. The summed E-state index contributed by atoms with van der Waals surface area (Å²) in [4.78, 5) is -0.0296. The first-order valence-corrected chi connectivity index (χ1v) is 12.9. The minimum atomic E-state index is -3.96. The number of hydrogen-bond acceptors (Lipinski definition) is 5. The highest BCUT2D eigenvalue weighted by atomic mass is 79.9. The van der Waals surface area contributed by atoms with E-state index in [4.69, 9.17) is 4.74 Å². The molecule has 0 aliphatic heterocycles. The van der Waals surface area contributed by atoms with E-state index < -0.39 is 20.0 Å². The number of para-hydroxylation sites is 1. The number of hydrogen-bond donors (Lipinski definition) is 1. The molecule has 0 radical (unpaired) electrons. The van der Waals surface area contributed by atoms with Gasteiger partial charge in [-0.15, -0.1) is 0 Å². The molecule has 0 bridgehead atoms. The quantitative estimate of drug-likeness (QED) is 0.469. The summed E-state index contributed by atoms with van der Waals surface area (Å²) in [5.74, 6) is 0.197. The van der Waals surface area contributed by atoms with Gasteiger partial charge in [0, 0.05) is 11.0 Å². The topological polar surface area (TPSA) is 92.8 Å². The SMILES string of the molecule is CCN(c1ccccc1)S(=O)(=O)c1ccc(OC)c(NS(=O)(=O)c2ccc(Br)cc2)c1. The molecule has 0 aliphatic rings. The zero-order valence-electron chi connectivity index (χ0n) is 16.8. The van der Waals surface area contributed by atoms with E-state index in [1.807, 2.05) is 0 Å². The smallest absolute Gasteiger partial charge is 0.264 e. The van der Waals surface area contributed by atoms with E-state index in [0.717, 1.165) is 4.47 Å². The molecule has 0 aliphatic carbocycles. The van der Waals surface area contributed by atoms with E-state index in [0.29, 0.717) is 5.69 Å². The minimum Gasteiger partial charge on any atom is -0.495 e. The zero-order chi connectivity index (χ0) is 22.6. The molecule has 10 heteroatoms. The van der Waals surface area contributed by atoms with Crippen LogP contribution in [0.5, 0.6) is 5.75 Å². The monoisotopic (exact) mass is 524 g/mol. The van der Waals surface area contributed by atoms with Crippen molar-refractivity contribution in [3.05, 3.63) is 77.3 Å². The van der Waals surface area contributed by atoms with E-state index in [2.05, 4.69) is 20.7 Å². The normalized spacial score (nSPS) is 11.7. The van der Waals surface area contributed by atoms with Gasteiger partial charge in [-0.05, 0) is 61.5 Å². The fourth-order valence-electron chi connectivity index (χ4n) is 2.96. The molecule has 0 saturated carbocycles. The predicted molar refractivity (Wildman–Crippen MR) is 125 cm³/mol. The summed E-state index contributed by atoms with van der Waals surface area (Å²) in [7, 11) is -6.52. The summed E-state index contributed by atoms with van der Waals surface area (Å²) in [5.41, 5.74) is 0.536. The van der Waals surface area contributed by atoms with Gasteiger partial charge in [0.25, 0.3) is 20.0 Å². The van der Waals surface area contributed by atoms with Gasteiger partial charge in [0.1, 0.15) is 5.75 Å². The van der Waals surface area contributed by atoms with Crippen LogP contribution in [-0.2, 0) is 20.0 Å². The van der Waals surface area contributed by atoms with Crippen molar-refractivity contribution in [2.75, 3.05) is 22.7 Å². The highest BCUT2D eigenvalue weighted by Gasteiger charge is 2.26. The molecule has 0 heterocycles. The lowest BCUT2D eigenvalue weighted by molar-refractivity contribution is 0.416. The van der Waals surface area contributed by atoms with Crippen molar-refractivity contribution >= 4 is 47.4 Å². The second-order valence-corrected chi connectivity index (χ2v) is 10.9. The third kappa shape index (κ3) is 5.03. The Morgan fingerprint density at radius 2 is 1.52 bits per heavy atom. The molecule has 0 amide bonds. The first-order valence-electron chi connectivity index (χ1n) is 9.23. The summed E-state index contributed by atoms with van der Waals surface area (Å²) >= 11 is 3.27.